The van der Waals surface area contributed by atoms with E-state index in [4.69, 9.17) is 14.1 Å². The average molecular weight is 614 g/mol. The third-order valence-electron chi connectivity index (χ3n) is 6.89. The van der Waals surface area contributed by atoms with Gasteiger partial charge in [0.05, 0.1) is 33.4 Å². The van der Waals surface area contributed by atoms with Crippen LogP contribution in [-0.4, -0.2) is 22.1 Å². The summed E-state index contributed by atoms with van der Waals surface area (Å²) in [6.07, 6.45) is 1.49. The van der Waals surface area contributed by atoms with Crippen molar-refractivity contribution < 1.29 is 27.7 Å². The number of hydrogen-bond donors (Lipinski definition) is 0. The molecule has 9 nitrogen and oxygen atoms in total. The summed E-state index contributed by atoms with van der Waals surface area (Å²) in [4.78, 5) is 42.8. The molecule has 5 aromatic rings. The van der Waals surface area contributed by atoms with Crippen LogP contribution in [0.2, 0.25) is 0 Å². The molecule has 44 heavy (non-hydrogen) atoms. The quantitative estimate of drug-likeness (QED) is 0.138. The fraction of sp³-hybridized carbons (Fsp3) is 0.0938. The summed E-state index contributed by atoms with van der Waals surface area (Å²) in [6, 6.07) is 20.1. The lowest BCUT2D eigenvalue weighted by Crippen LogP contribution is -2.40. The van der Waals surface area contributed by atoms with E-state index < -0.39 is 39.8 Å². The first-order chi connectivity index (χ1) is 21.2. The fourth-order valence-electron chi connectivity index (χ4n) is 4.92. The summed E-state index contributed by atoms with van der Waals surface area (Å²) in [5.41, 5.74) is 0.662. The van der Waals surface area contributed by atoms with Crippen LogP contribution in [0.4, 0.5) is 14.5 Å². The van der Waals surface area contributed by atoms with E-state index in [9.17, 15) is 28.5 Å². The van der Waals surface area contributed by atoms with E-state index in [0.717, 1.165) is 23.5 Å². The Morgan fingerprint density at radius 1 is 1.07 bits per heavy atom. The fourth-order valence-corrected chi connectivity index (χ4v) is 5.90. The zero-order valence-corrected chi connectivity index (χ0v) is 23.7. The van der Waals surface area contributed by atoms with Gasteiger partial charge in [-0.3, -0.25) is 19.5 Å². The second-order valence-electron chi connectivity index (χ2n) is 9.61. The first kappa shape index (κ1) is 28.6. The number of carbonyl (C=O) groups excluding carboxylic acids is 1. The maximum Gasteiger partial charge on any atom is 0.338 e. The number of aromatic nitrogens is 1. The van der Waals surface area contributed by atoms with Gasteiger partial charge in [-0.25, -0.2) is 14.2 Å². The van der Waals surface area contributed by atoms with Crippen LogP contribution in [0.3, 0.4) is 0 Å². The Hall–Kier alpha value is -5.49. The number of furan rings is 1. The Kier molecular flexibility index (Phi) is 7.58. The number of benzene rings is 3. The third-order valence-corrected chi connectivity index (χ3v) is 7.87. The Bertz CT molecular complexity index is 2130. The molecule has 6 rings (SSSR count). The maximum absolute atomic E-state index is 13.9. The zero-order chi connectivity index (χ0) is 31.0. The molecule has 0 saturated carbocycles. The van der Waals surface area contributed by atoms with Crippen LogP contribution in [0.1, 0.15) is 29.9 Å². The first-order valence-electron chi connectivity index (χ1n) is 13.3. The summed E-state index contributed by atoms with van der Waals surface area (Å²) < 4.78 is 40.6. The number of fused-ring (bicyclic) bond motifs is 1. The number of nitrogens with zero attached hydrogens (tertiary/aromatic N) is 3. The van der Waals surface area contributed by atoms with Gasteiger partial charge in [-0.05, 0) is 48.9 Å². The molecule has 0 fully saturated rings. The normalized spacial score (nSPS) is 14.7. The summed E-state index contributed by atoms with van der Waals surface area (Å²) in [6.45, 7) is 1.76. The van der Waals surface area contributed by atoms with E-state index in [1.807, 2.05) is 6.07 Å². The SMILES string of the molecule is CCOC(=O)C1=C(c2ccccc2)N=c2s/c(=C\c3ccc(-c4ccc(F)c([N+](=O)[O-])c4)o3)c(=O)n2[C@@H]1c1ccc(F)cc1. The Morgan fingerprint density at radius 3 is 2.52 bits per heavy atom. The van der Waals surface area contributed by atoms with Gasteiger partial charge in [0.15, 0.2) is 4.80 Å². The highest BCUT2D eigenvalue weighted by molar-refractivity contribution is 7.07. The minimum absolute atomic E-state index is 0.0863. The molecule has 0 unspecified atom stereocenters. The van der Waals surface area contributed by atoms with Gasteiger partial charge in [0.2, 0.25) is 5.82 Å². The molecule has 1 aliphatic rings. The zero-order valence-electron chi connectivity index (χ0n) is 22.9. The van der Waals surface area contributed by atoms with Gasteiger partial charge >= 0.3 is 11.7 Å². The minimum atomic E-state index is -0.977. The summed E-state index contributed by atoms with van der Waals surface area (Å²) in [5, 5.41) is 11.2. The van der Waals surface area contributed by atoms with Crippen molar-refractivity contribution in [1.82, 2.24) is 4.57 Å². The Balaban J connectivity index is 1.53. The monoisotopic (exact) mass is 613 g/mol. The number of thiazole rings is 1. The number of hydrogen-bond acceptors (Lipinski definition) is 8. The first-order valence-corrected chi connectivity index (χ1v) is 14.1. The summed E-state index contributed by atoms with van der Waals surface area (Å²) >= 11 is 1.07. The number of nitro groups is 1. The molecule has 3 heterocycles. The molecule has 220 valence electrons. The molecule has 1 aliphatic heterocycles. The topological polar surface area (TPSA) is 117 Å². The van der Waals surface area contributed by atoms with E-state index >= 15 is 0 Å². The van der Waals surface area contributed by atoms with Crippen molar-refractivity contribution in [3.63, 3.8) is 0 Å². The molecule has 2 aromatic heterocycles. The number of halogens is 2. The lowest BCUT2D eigenvalue weighted by atomic mass is 9.93. The van der Waals surface area contributed by atoms with E-state index in [1.54, 1.807) is 43.3 Å². The molecule has 12 heteroatoms. The molecule has 0 aliphatic carbocycles. The van der Waals surface area contributed by atoms with Crippen molar-refractivity contribution in [3.05, 3.63) is 149 Å². The maximum atomic E-state index is 13.9. The predicted octanol–water partition coefficient (Wildman–Crippen LogP) is 5.38. The van der Waals surface area contributed by atoms with Crippen LogP contribution in [0, 0.1) is 21.7 Å². The molecule has 3 aromatic carbocycles. The van der Waals surface area contributed by atoms with Gasteiger partial charge < -0.3 is 9.15 Å². The van der Waals surface area contributed by atoms with Crippen LogP contribution in [0.5, 0.6) is 0 Å². The molecule has 0 N–H and O–H groups in total. The van der Waals surface area contributed by atoms with Gasteiger partial charge in [0.25, 0.3) is 5.56 Å². The van der Waals surface area contributed by atoms with Crippen LogP contribution in [-0.2, 0) is 9.53 Å². The van der Waals surface area contributed by atoms with Crippen molar-refractivity contribution >= 4 is 34.8 Å². The van der Waals surface area contributed by atoms with Gasteiger partial charge in [0, 0.05) is 23.3 Å². The van der Waals surface area contributed by atoms with Gasteiger partial charge in [-0.15, -0.1) is 0 Å². The largest absolute Gasteiger partial charge is 0.463 e. The average Bonchev–Trinajstić information content (AvgIpc) is 3.61. The van der Waals surface area contributed by atoms with E-state index in [-0.39, 0.29) is 33.8 Å². The number of carbonyl (C=O) groups is 1. The number of nitro benzene ring substituents is 1. The highest BCUT2D eigenvalue weighted by Gasteiger charge is 2.35. The lowest BCUT2D eigenvalue weighted by molar-refractivity contribution is -0.387. The third kappa shape index (κ3) is 5.26. The molecular weight excluding hydrogens is 592 g/mol. The minimum Gasteiger partial charge on any atom is -0.463 e. The standard InChI is InChI=1S/C32H21F2N3O6S/c1-2-42-31(39)27-28(18-6-4-3-5-7-18)35-32-36(29(27)19-8-11-21(33)12-9-19)30(38)26(44-32)17-22-13-15-25(43-22)20-10-14-23(34)24(16-20)37(40)41/h3-17,29H,2H2,1H3/b26-17-/t29-/m1/s1. The molecule has 0 amide bonds. The Labute approximate surface area is 251 Å². The number of rotatable bonds is 7. The van der Waals surface area contributed by atoms with Crippen molar-refractivity contribution in [2.24, 2.45) is 4.99 Å². The second kappa shape index (κ2) is 11.7. The number of ether oxygens (including phenoxy) is 1. The van der Waals surface area contributed by atoms with E-state index in [2.05, 4.69) is 0 Å². The Morgan fingerprint density at radius 2 is 1.82 bits per heavy atom. The van der Waals surface area contributed by atoms with Crippen LogP contribution >= 0.6 is 11.3 Å². The van der Waals surface area contributed by atoms with Crippen molar-refractivity contribution in [1.29, 1.82) is 0 Å². The van der Waals surface area contributed by atoms with Gasteiger partial charge in [0.1, 0.15) is 17.3 Å². The van der Waals surface area contributed by atoms with Gasteiger partial charge in [-0.2, -0.15) is 4.39 Å². The van der Waals surface area contributed by atoms with Crippen molar-refractivity contribution in [3.8, 4) is 11.3 Å². The second-order valence-corrected chi connectivity index (χ2v) is 10.6. The highest BCUT2D eigenvalue weighted by atomic mass is 32.1. The molecule has 0 spiro atoms. The molecule has 0 radical (unpaired) electrons. The molecule has 0 saturated heterocycles. The van der Waals surface area contributed by atoms with Crippen LogP contribution < -0.4 is 14.9 Å². The van der Waals surface area contributed by atoms with Gasteiger partial charge in [-0.1, -0.05) is 53.8 Å². The predicted molar refractivity (Wildman–Crippen MR) is 158 cm³/mol. The lowest BCUT2D eigenvalue weighted by Gasteiger charge is -2.25. The molecular formula is C32H21F2N3O6S. The van der Waals surface area contributed by atoms with Crippen molar-refractivity contribution in [2.75, 3.05) is 6.61 Å². The smallest absolute Gasteiger partial charge is 0.338 e. The van der Waals surface area contributed by atoms with E-state index in [0.29, 0.717) is 21.6 Å². The van der Waals surface area contributed by atoms with Crippen LogP contribution in [0.15, 0.2) is 105 Å². The highest BCUT2D eigenvalue weighted by Crippen LogP contribution is 2.35. The summed E-state index contributed by atoms with van der Waals surface area (Å²) in [7, 11) is 0. The van der Waals surface area contributed by atoms with E-state index in [1.165, 1.54) is 41.0 Å². The van der Waals surface area contributed by atoms with Crippen molar-refractivity contribution in [2.45, 2.75) is 13.0 Å². The van der Waals surface area contributed by atoms with Crippen LogP contribution in [0.25, 0.3) is 23.1 Å². The molecule has 0 bridgehead atoms. The number of esters is 1. The molecule has 1 atom stereocenters. The summed E-state index contributed by atoms with van der Waals surface area (Å²) in [5.74, 6) is -1.64.